The van der Waals surface area contributed by atoms with Crippen molar-refractivity contribution in [2.75, 3.05) is 0 Å². The van der Waals surface area contributed by atoms with Gasteiger partial charge in [0.25, 0.3) is 0 Å². The number of hydrogen-bond donors (Lipinski definition) is 0. The van der Waals surface area contributed by atoms with Crippen molar-refractivity contribution >= 4 is 16.6 Å². The van der Waals surface area contributed by atoms with Gasteiger partial charge in [0, 0.05) is 11.0 Å². The van der Waals surface area contributed by atoms with Crippen LogP contribution >= 0.6 is 0 Å². The van der Waals surface area contributed by atoms with Crippen LogP contribution in [0, 0.1) is 5.41 Å². The highest BCUT2D eigenvalue weighted by atomic mass is 16.1. The first-order valence-electron chi connectivity index (χ1n) is 7.77. The molecule has 1 heteroatoms. The molecule has 0 saturated heterocycles. The van der Waals surface area contributed by atoms with Crippen molar-refractivity contribution in [2.45, 2.75) is 45.4 Å². The molecule has 2 aromatic carbocycles. The van der Waals surface area contributed by atoms with Crippen LogP contribution in [-0.4, -0.2) is 5.78 Å². The predicted molar refractivity (Wildman–Crippen MR) is 82.3 cm³/mol. The molecule has 1 fully saturated rings. The molecule has 0 aliphatic heterocycles. The van der Waals surface area contributed by atoms with Gasteiger partial charge in [-0.1, -0.05) is 50.1 Å². The van der Waals surface area contributed by atoms with Gasteiger partial charge in [-0.05, 0) is 47.6 Å². The lowest BCUT2D eigenvalue weighted by Gasteiger charge is -2.23. The van der Waals surface area contributed by atoms with Gasteiger partial charge in [-0.25, -0.2) is 0 Å². The molecule has 2 aliphatic rings. The highest BCUT2D eigenvalue weighted by Crippen LogP contribution is 2.42. The van der Waals surface area contributed by atoms with Gasteiger partial charge < -0.3 is 0 Å². The molecule has 0 amide bonds. The van der Waals surface area contributed by atoms with Crippen LogP contribution in [0.3, 0.4) is 0 Å². The first-order chi connectivity index (χ1) is 9.69. The number of hydrogen-bond acceptors (Lipinski definition) is 1. The number of carbonyl (C=O) groups excluding carboxylic acids is 1. The van der Waals surface area contributed by atoms with Gasteiger partial charge in [0.15, 0.2) is 5.78 Å². The summed E-state index contributed by atoms with van der Waals surface area (Å²) in [6, 6.07) is 10.7. The lowest BCUT2D eigenvalue weighted by molar-refractivity contribution is 0.0825. The first kappa shape index (κ1) is 12.1. The largest absolute Gasteiger partial charge is 0.294 e. The van der Waals surface area contributed by atoms with E-state index in [1.54, 1.807) is 0 Å². The molecule has 2 aromatic rings. The Hall–Kier alpha value is -1.63. The second kappa shape index (κ2) is 4.18. The molecule has 1 nitrogen and oxygen atoms in total. The molecule has 0 unspecified atom stereocenters. The Labute approximate surface area is 120 Å². The molecule has 0 bridgehead atoms. The molecule has 102 valence electrons. The zero-order valence-corrected chi connectivity index (χ0v) is 12.0. The van der Waals surface area contributed by atoms with Crippen LogP contribution in [0.25, 0.3) is 10.8 Å². The van der Waals surface area contributed by atoms with Crippen molar-refractivity contribution < 1.29 is 4.79 Å². The fraction of sp³-hybridized carbons (Fsp3) is 0.421. The summed E-state index contributed by atoms with van der Waals surface area (Å²) in [5.41, 5.74) is 3.67. The standard InChI is InChI=1S/C19H20O/c1-19(11-2-3-12-19)18(20)16-10-9-14-8-7-13-5-4-6-15(16)17(13)14/h4-6,9-10H,2-3,7-8,11-12H2,1H3. The zero-order chi connectivity index (χ0) is 13.7. The topological polar surface area (TPSA) is 17.1 Å². The maximum absolute atomic E-state index is 13.0. The fourth-order valence-corrected chi connectivity index (χ4v) is 4.15. The van der Waals surface area contributed by atoms with E-state index in [1.165, 1.54) is 34.7 Å². The van der Waals surface area contributed by atoms with Crippen molar-refractivity contribution in [3.8, 4) is 0 Å². The summed E-state index contributed by atoms with van der Waals surface area (Å²) in [6.45, 7) is 2.16. The molecule has 0 spiro atoms. The quantitative estimate of drug-likeness (QED) is 0.718. The minimum atomic E-state index is -0.126. The number of carbonyl (C=O) groups is 1. The van der Waals surface area contributed by atoms with Crippen molar-refractivity contribution in [3.05, 3.63) is 47.0 Å². The second-order valence-corrected chi connectivity index (χ2v) is 6.71. The van der Waals surface area contributed by atoms with Crippen molar-refractivity contribution in [1.82, 2.24) is 0 Å². The summed E-state index contributed by atoms with van der Waals surface area (Å²) < 4.78 is 0. The van der Waals surface area contributed by atoms with E-state index in [2.05, 4.69) is 37.3 Å². The lowest BCUT2D eigenvalue weighted by atomic mass is 9.79. The van der Waals surface area contributed by atoms with Crippen LogP contribution in [0.15, 0.2) is 30.3 Å². The van der Waals surface area contributed by atoms with Crippen molar-refractivity contribution in [2.24, 2.45) is 5.41 Å². The molecule has 0 N–H and O–H groups in total. The Bertz CT molecular complexity index is 695. The third kappa shape index (κ3) is 1.59. The molecule has 0 radical (unpaired) electrons. The highest BCUT2D eigenvalue weighted by Gasteiger charge is 2.37. The second-order valence-electron chi connectivity index (χ2n) is 6.71. The van der Waals surface area contributed by atoms with E-state index in [0.717, 1.165) is 31.2 Å². The Morgan fingerprint density at radius 2 is 1.70 bits per heavy atom. The van der Waals surface area contributed by atoms with Crippen LogP contribution in [0.4, 0.5) is 0 Å². The average Bonchev–Trinajstić information content (AvgIpc) is 3.08. The average molecular weight is 264 g/mol. The maximum atomic E-state index is 13.0. The fourth-order valence-electron chi connectivity index (χ4n) is 4.15. The number of rotatable bonds is 2. The summed E-state index contributed by atoms with van der Waals surface area (Å²) in [4.78, 5) is 13.0. The van der Waals surface area contributed by atoms with Gasteiger partial charge in [0.05, 0.1) is 0 Å². The SMILES string of the molecule is CC1(C(=O)c2ccc3c4c(cccc24)CC3)CCCC1. The summed E-state index contributed by atoms with van der Waals surface area (Å²) >= 11 is 0. The third-order valence-corrected chi connectivity index (χ3v) is 5.38. The summed E-state index contributed by atoms with van der Waals surface area (Å²) in [7, 11) is 0. The van der Waals surface area contributed by atoms with E-state index in [4.69, 9.17) is 0 Å². The molecule has 0 aromatic heterocycles. The van der Waals surface area contributed by atoms with E-state index < -0.39 is 0 Å². The molecule has 2 aliphatic carbocycles. The maximum Gasteiger partial charge on any atom is 0.169 e. The van der Waals surface area contributed by atoms with E-state index in [-0.39, 0.29) is 5.41 Å². The van der Waals surface area contributed by atoms with Crippen LogP contribution in [0.1, 0.15) is 54.1 Å². The normalized spacial score (nSPS) is 19.6. The molecule has 0 atom stereocenters. The molecule has 4 rings (SSSR count). The van der Waals surface area contributed by atoms with E-state index in [1.807, 2.05) is 0 Å². The summed E-state index contributed by atoms with van der Waals surface area (Å²) in [6.07, 6.45) is 6.75. The van der Waals surface area contributed by atoms with Gasteiger partial charge in [0.2, 0.25) is 0 Å². The Morgan fingerprint density at radius 3 is 2.45 bits per heavy atom. The van der Waals surface area contributed by atoms with E-state index in [0.29, 0.717) is 5.78 Å². The summed E-state index contributed by atoms with van der Waals surface area (Å²) in [5, 5.41) is 2.55. The molecular formula is C19H20O. The van der Waals surface area contributed by atoms with Crippen molar-refractivity contribution in [3.63, 3.8) is 0 Å². The van der Waals surface area contributed by atoms with Gasteiger partial charge in [0.1, 0.15) is 0 Å². The molecular weight excluding hydrogens is 244 g/mol. The number of benzene rings is 2. The third-order valence-electron chi connectivity index (χ3n) is 5.38. The number of Topliss-reactive ketones (excluding diaryl/α,β-unsaturated/α-hetero) is 1. The molecule has 0 heterocycles. The monoisotopic (exact) mass is 264 g/mol. The molecule has 1 saturated carbocycles. The van der Waals surface area contributed by atoms with Gasteiger partial charge in [-0.15, -0.1) is 0 Å². The van der Waals surface area contributed by atoms with Gasteiger partial charge in [-0.3, -0.25) is 4.79 Å². The summed E-state index contributed by atoms with van der Waals surface area (Å²) in [5.74, 6) is 0.366. The minimum Gasteiger partial charge on any atom is -0.294 e. The smallest absolute Gasteiger partial charge is 0.169 e. The predicted octanol–water partition coefficient (Wildman–Crippen LogP) is 4.70. The van der Waals surface area contributed by atoms with Crippen LogP contribution in [0.5, 0.6) is 0 Å². The Balaban J connectivity index is 1.91. The van der Waals surface area contributed by atoms with Crippen LogP contribution in [-0.2, 0) is 12.8 Å². The van der Waals surface area contributed by atoms with Crippen LogP contribution in [0.2, 0.25) is 0 Å². The van der Waals surface area contributed by atoms with Crippen LogP contribution < -0.4 is 0 Å². The molecule has 20 heavy (non-hydrogen) atoms. The van der Waals surface area contributed by atoms with Gasteiger partial charge >= 0.3 is 0 Å². The zero-order valence-electron chi connectivity index (χ0n) is 12.0. The minimum absolute atomic E-state index is 0.126. The number of ketones is 1. The van der Waals surface area contributed by atoms with E-state index in [9.17, 15) is 4.79 Å². The lowest BCUT2D eigenvalue weighted by Crippen LogP contribution is -2.24. The van der Waals surface area contributed by atoms with Gasteiger partial charge in [-0.2, -0.15) is 0 Å². The highest BCUT2D eigenvalue weighted by molar-refractivity contribution is 6.12. The Kier molecular flexibility index (Phi) is 2.54. The Morgan fingerprint density at radius 1 is 1.00 bits per heavy atom. The van der Waals surface area contributed by atoms with Crippen molar-refractivity contribution in [1.29, 1.82) is 0 Å². The van der Waals surface area contributed by atoms with E-state index >= 15 is 0 Å². The first-order valence-corrected chi connectivity index (χ1v) is 7.77. The number of aryl methyl sites for hydroxylation is 2.